The first-order valence-electron chi connectivity index (χ1n) is 8.79. The van der Waals surface area contributed by atoms with Gasteiger partial charge >= 0.3 is 11.9 Å². The maximum absolute atomic E-state index is 12.2. The summed E-state index contributed by atoms with van der Waals surface area (Å²) in [5.41, 5.74) is 1.01. The molecule has 0 aromatic heterocycles. The molecule has 24 heavy (non-hydrogen) atoms. The van der Waals surface area contributed by atoms with Crippen molar-refractivity contribution in [1.29, 1.82) is 0 Å². The summed E-state index contributed by atoms with van der Waals surface area (Å²) >= 11 is 0. The molecule has 0 radical (unpaired) electrons. The standard InChI is InChI=1S/C20H28O4/c1-14(2)23-18(21)17-11-9-15(10-12-17)13-20(3,4)24-19(22)16-7-5-6-8-16/h9-12,14,16H,5-8,13H2,1-4H3. The normalized spacial score (nSPS) is 15.5. The lowest BCUT2D eigenvalue weighted by Gasteiger charge is -2.27. The van der Waals surface area contributed by atoms with Crippen molar-refractivity contribution in [2.45, 2.75) is 71.5 Å². The van der Waals surface area contributed by atoms with E-state index in [-0.39, 0.29) is 24.0 Å². The molecule has 0 spiro atoms. The predicted octanol–water partition coefficient (Wildman–Crippen LogP) is 4.31. The highest BCUT2D eigenvalue weighted by Crippen LogP contribution is 2.28. The third kappa shape index (κ3) is 5.36. The maximum atomic E-state index is 12.2. The van der Waals surface area contributed by atoms with Gasteiger partial charge in [0.05, 0.1) is 17.6 Å². The van der Waals surface area contributed by atoms with Crippen LogP contribution >= 0.6 is 0 Å². The van der Waals surface area contributed by atoms with Crippen LogP contribution in [0.2, 0.25) is 0 Å². The summed E-state index contributed by atoms with van der Waals surface area (Å²) in [6, 6.07) is 7.30. The minimum atomic E-state index is -0.556. The number of ether oxygens (including phenoxy) is 2. The number of carbonyl (C=O) groups excluding carboxylic acids is 2. The van der Waals surface area contributed by atoms with E-state index in [9.17, 15) is 9.59 Å². The third-order valence-electron chi connectivity index (χ3n) is 4.23. The van der Waals surface area contributed by atoms with Crippen molar-refractivity contribution in [2.75, 3.05) is 0 Å². The SMILES string of the molecule is CC(C)OC(=O)c1ccc(CC(C)(C)OC(=O)C2CCCC2)cc1. The van der Waals surface area contributed by atoms with Crippen molar-refractivity contribution in [3.05, 3.63) is 35.4 Å². The van der Waals surface area contributed by atoms with Gasteiger partial charge in [-0.1, -0.05) is 25.0 Å². The summed E-state index contributed by atoms with van der Waals surface area (Å²) in [7, 11) is 0. The Kier molecular flexibility index (Phi) is 6.03. The van der Waals surface area contributed by atoms with E-state index in [1.807, 2.05) is 39.8 Å². The molecule has 1 fully saturated rings. The number of hydrogen-bond donors (Lipinski definition) is 0. The molecule has 0 amide bonds. The number of rotatable bonds is 6. The summed E-state index contributed by atoms with van der Waals surface area (Å²) < 4.78 is 10.9. The average molecular weight is 332 g/mol. The Bertz CT molecular complexity index is 566. The second kappa shape index (κ2) is 7.82. The van der Waals surface area contributed by atoms with Crippen LogP contribution < -0.4 is 0 Å². The largest absolute Gasteiger partial charge is 0.459 e. The predicted molar refractivity (Wildman–Crippen MR) is 92.8 cm³/mol. The molecule has 4 heteroatoms. The Hall–Kier alpha value is -1.84. The van der Waals surface area contributed by atoms with Crippen LogP contribution in [0.4, 0.5) is 0 Å². The molecule has 0 N–H and O–H groups in total. The fourth-order valence-corrected chi connectivity index (χ4v) is 3.09. The van der Waals surface area contributed by atoms with Gasteiger partial charge in [-0.05, 0) is 58.2 Å². The van der Waals surface area contributed by atoms with Crippen LogP contribution in [0.1, 0.15) is 69.3 Å². The third-order valence-corrected chi connectivity index (χ3v) is 4.23. The van der Waals surface area contributed by atoms with E-state index in [1.54, 1.807) is 12.1 Å². The highest BCUT2D eigenvalue weighted by Gasteiger charge is 2.30. The molecule has 0 bridgehead atoms. The van der Waals surface area contributed by atoms with Crippen molar-refractivity contribution >= 4 is 11.9 Å². The van der Waals surface area contributed by atoms with Crippen LogP contribution in [0, 0.1) is 5.92 Å². The molecule has 0 aliphatic heterocycles. The van der Waals surface area contributed by atoms with Gasteiger partial charge in [0.2, 0.25) is 0 Å². The molecule has 2 rings (SSSR count). The van der Waals surface area contributed by atoms with Crippen LogP contribution in [0.3, 0.4) is 0 Å². The highest BCUT2D eigenvalue weighted by molar-refractivity contribution is 5.89. The van der Waals surface area contributed by atoms with E-state index in [0.29, 0.717) is 12.0 Å². The second-order valence-corrected chi connectivity index (χ2v) is 7.49. The van der Waals surface area contributed by atoms with Crippen LogP contribution in [0.15, 0.2) is 24.3 Å². The summed E-state index contributed by atoms with van der Waals surface area (Å²) in [6.07, 6.45) is 4.61. The van der Waals surface area contributed by atoms with Crippen molar-refractivity contribution in [1.82, 2.24) is 0 Å². The quantitative estimate of drug-likeness (QED) is 0.729. The van der Waals surface area contributed by atoms with Gasteiger partial charge < -0.3 is 9.47 Å². The molecular formula is C20H28O4. The van der Waals surface area contributed by atoms with Crippen LogP contribution in [-0.2, 0) is 20.7 Å². The molecule has 1 aromatic rings. The van der Waals surface area contributed by atoms with Crippen molar-refractivity contribution in [3.63, 3.8) is 0 Å². The molecule has 132 valence electrons. The Morgan fingerprint density at radius 3 is 2.25 bits per heavy atom. The monoisotopic (exact) mass is 332 g/mol. The smallest absolute Gasteiger partial charge is 0.338 e. The van der Waals surface area contributed by atoms with Crippen molar-refractivity contribution < 1.29 is 19.1 Å². The van der Waals surface area contributed by atoms with E-state index < -0.39 is 5.60 Å². The molecule has 0 unspecified atom stereocenters. The lowest BCUT2D eigenvalue weighted by Crippen LogP contribution is -2.33. The molecule has 1 aliphatic carbocycles. The first kappa shape index (κ1) is 18.5. The summed E-state index contributed by atoms with van der Waals surface area (Å²) in [5, 5.41) is 0. The van der Waals surface area contributed by atoms with Gasteiger partial charge in [0, 0.05) is 6.42 Å². The first-order chi connectivity index (χ1) is 11.3. The molecule has 0 saturated heterocycles. The molecular weight excluding hydrogens is 304 g/mol. The fourth-order valence-electron chi connectivity index (χ4n) is 3.09. The van der Waals surface area contributed by atoms with Gasteiger partial charge in [0.1, 0.15) is 5.60 Å². The van der Waals surface area contributed by atoms with Crippen LogP contribution in [0.25, 0.3) is 0 Å². The number of hydrogen-bond acceptors (Lipinski definition) is 4. The van der Waals surface area contributed by atoms with E-state index in [0.717, 1.165) is 31.2 Å². The lowest BCUT2D eigenvalue weighted by atomic mass is 9.97. The Labute approximate surface area is 144 Å². The molecule has 1 saturated carbocycles. The van der Waals surface area contributed by atoms with E-state index in [4.69, 9.17) is 9.47 Å². The Morgan fingerprint density at radius 1 is 1.12 bits per heavy atom. The maximum Gasteiger partial charge on any atom is 0.338 e. The van der Waals surface area contributed by atoms with Gasteiger partial charge in [0.15, 0.2) is 0 Å². The first-order valence-corrected chi connectivity index (χ1v) is 8.79. The van der Waals surface area contributed by atoms with Crippen LogP contribution in [-0.4, -0.2) is 23.6 Å². The van der Waals surface area contributed by atoms with Crippen LogP contribution in [0.5, 0.6) is 0 Å². The summed E-state index contributed by atoms with van der Waals surface area (Å²) in [6.45, 7) is 7.52. The molecule has 1 aromatic carbocycles. The topological polar surface area (TPSA) is 52.6 Å². The fraction of sp³-hybridized carbons (Fsp3) is 0.600. The van der Waals surface area contributed by atoms with Gasteiger partial charge in [-0.15, -0.1) is 0 Å². The zero-order valence-corrected chi connectivity index (χ0v) is 15.1. The van der Waals surface area contributed by atoms with E-state index in [1.165, 1.54) is 0 Å². The number of carbonyl (C=O) groups is 2. The summed E-state index contributed by atoms with van der Waals surface area (Å²) in [5.74, 6) is -0.324. The average Bonchev–Trinajstić information content (AvgIpc) is 3.00. The van der Waals surface area contributed by atoms with Crippen molar-refractivity contribution in [3.8, 4) is 0 Å². The Morgan fingerprint density at radius 2 is 1.71 bits per heavy atom. The van der Waals surface area contributed by atoms with E-state index >= 15 is 0 Å². The molecule has 0 atom stereocenters. The molecule has 0 heterocycles. The minimum absolute atomic E-state index is 0.0671. The van der Waals surface area contributed by atoms with Gasteiger partial charge in [-0.2, -0.15) is 0 Å². The molecule has 4 nitrogen and oxygen atoms in total. The zero-order valence-electron chi connectivity index (χ0n) is 15.1. The second-order valence-electron chi connectivity index (χ2n) is 7.49. The lowest BCUT2D eigenvalue weighted by molar-refractivity contribution is -0.161. The Balaban J connectivity index is 1.93. The van der Waals surface area contributed by atoms with Gasteiger partial charge in [-0.3, -0.25) is 4.79 Å². The van der Waals surface area contributed by atoms with Gasteiger partial charge in [0.25, 0.3) is 0 Å². The van der Waals surface area contributed by atoms with Crippen molar-refractivity contribution in [2.24, 2.45) is 5.92 Å². The number of esters is 2. The van der Waals surface area contributed by atoms with E-state index in [2.05, 4.69) is 0 Å². The zero-order chi connectivity index (χ0) is 17.7. The number of benzene rings is 1. The minimum Gasteiger partial charge on any atom is -0.459 e. The van der Waals surface area contributed by atoms with Gasteiger partial charge in [-0.25, -0.2) is 4.79 Å². The molecule has 1 aliphatic rings. The summed E-state index contributed by atoms with van der Waals surface area (Å²) in [4.78, 5) is 24.1. The highest BCUT2D eigenvalue weighted by atomic mass is 16.6.